The minimum atomic E-state index is -6.52. The average Bonchev–Trinajstić information content (AvgIpc) is 3.53. The third-order valence-corrected chi connectivity index (χ3v) is 8.99. The summed E-state index contributed by atoms with van der Waals surface area (Å²) >= 11 is 1.00. The molecule has 2 atom stereocenters. The molecule has 2 aromatic heterocycles. The quantitative estimate of drug-likeness (QED) is 0.211. The van der Waals surface area contributed by atoms with Crippen molar-refractivity contribution in [2.75, 3.05) is 16.5 Å². The summed E-state index contributed by atoms with van der Waals surface area (Å²) in [5, 5.41) is 9.12. The Morgan fingerprint density at radius 2 is 1.86 bits per heavy atom. The number of aliphatic hydroxyl groups is 2. The molecule has 2 heterocycles. The first-order chi connectivity index (χ1) is 25.1. The summed E-state index contributed by atoms with van der Waals surface area (Å²) in [5.41, 5.74) is -5.08. The average molecular weight is 648 g/mol. The van der Waals surface area contributed by atoms with E-state index in [0.717, 1.165) is 23.5 Å². The van der Waals surface area contributed by atoms with Gasteiger partial charge in [-0.25, -0.2) is 36.5 Å². The van der Waals surface area contributed by atoms with Crippen LogP contribution in [-0.4, -0.2) is 54.1 Å². The number of thiazole rings is 1. The predicted molar refractivity (Wildman–Crippen MR) is 159 cm³/mol. The number of anilines is 2. The molecule has 0 bridgehead atoms. The second-order valence-corrected chi connectivity index (χ2v) is 13.1. The van der Waals surface area contributed by atoms with Gasteiger partial charge in [0.15, 0.2) is 10.7 Å². The Hall–Kier alpha value is -3.59. The van der Waals surface area contributed by atoms with Crippen LogP contribution in [0.3, 0.4) is 0 Å². The fourth-order valence-corrected chi connectivity index (χ4v) is 6.03. The number of hydrogen-bond acceptors (Lipinski definition) is 9. The lowest BCUT2D eigenvalue weighted by molar-refractivity contribution is -0.112. The zero-order valence-corrected chi connectivity index (χ0v) is 24.5. The van der Waals surface area contributed by atoms with Crippen molar-refractivity contribution in [1.82, 2.24) is 15.0 Å². The smallest absolute Gasteiger partial charge is 0.270 e. The number of benzene rings is 2. The monoisotopic (exact) mass is 647 g/mol. The third kappa shape index (κ3) is 6.23. The van der Waals surface area contributed by atoms with Crippen molar-refractivity contribution in [2.24, 2.45) is 0 Å². The molecule has 0 saturated heterocycles. The highest BCUT2D eigenvalue weighted by Gasteiger charge is 2.44. The third-order valence-electron chi connectivity index (χ3n) is 5.85. The molecule has 0 aliphatic rings. The largest absolute Gasteiger partial charge is 0.387 e. The highest BCUT2D eigenvalue weighted by Crippen LogP contribution is 2.43. The molecular formula is C29H32F3N5O4S2. The molecule has 0 aliphatic heterocycles. The number of nitrogens with zero attached hydrogens (tertiary/aromatic N) is 4. The van der Waals surface area contributed by atoms with E-state index in [1.165, 1.54) is 12.3 Å². The Morgan fingerprint density at radius 3 is 2.44 bits per heavy atom. The maximum absolute atomic E-state index is 17.4. The van der Waals surface area contributed by atoms with Gasteiger partial charge in [-0.05, 0) is 50.9 Å². The Balaban J connectivity index is 2.26. The molecule has 2 unspecified atom stereocenters. The first kappa shape index (κ1) is 19.6. The molecule has 0 saturated carbocycles. The van der Waals surface area contributed by atoms with E-state index >= 15 is 13.2 Å². The molecular weight excluding hydrogens is 603 g/mol. The topological polar surface area (TPSA) is 143 Å². The number of aromatic nitrogens is 3. The van der Waals surface area contributed by atoms with Gasteiger partial charge in [0.1, 0.15) is 17.2 Å². The van der Waals surface area contributed by atoms with Gasteiger partial charge in [0, 0.05) is 24.0 Å². The van der Waals surface area contributed by atoms with Crippen molar-refractivity contribution >= 4 is 33.0 Å². The van der Waals surface area contributed by atoms with E-state index in [0.29, 0.717) is 18.0 Å². The van der Waals surface area contributed by atoms with E-state index in [4.69, 9.17) is 19.6 Å². The number of halogens is 3. The molecule has 0 radical (unpaired) electrons. The molecule has 2 aromatic carbocycles. The van der Waals surface area contributed by atoms with Crippen molar-refractivity contribution in [3.8, 4) is 21.8 Å². The van der Waals surface area contributed by atoms with Gasteiger partial charge in [-0.2, -0.15) is 0 Å². The van der Waals surface area contributed by atoms with E-state index in [1.807, 2.05) is 0 Å². The molecule has 4 rings (SSSR count). The summed E-state index contributed by atoms with van der Waals surface area (Å²) < 4.78 is 175. The van der Waals surface area contributed by atoms with E-state index in [1.54, 1.807) is 20.8 Å². The summed E-state index contributed by atoms with van der Waals surface area (Å²) in [6, 6.07) is -0.889. The van der Waals surface area contributed by atoms with Crippen LogP contribution in [0.2, 0.25) is 0 Å². The van der Waals surface area contributed by atoms with Crippen LogP contribution in [0.15, 0.2) is 53.5 Å². The van der Waals surface area contributed by atoms with Gasteiger partial charge in [0.05, 0.1) is 45.9 Å². The van der Waals surface area contributed by atoms with E-state index in [2.05, 4.69) is 25.2 Å². The zero-order valence-electron chi connectivity index (χ0n) is 34.9. The second kappa shape index (κ2) is 11.2. The number of sulfonamides is 1. The molecule has 0 spiro atoms. The van der Waals surface area contributed by atoms with Crippen molar-refractivity contribution in [2.45, 2.75) is 62.9 Å². The summed E-state index contributed by atoms with van der Waals surface area (Å²) in [6.07, 6.45) is 1.27. The van der Waals surface area contributed by atoms with Crippen molar-refractivity contribution in [3.63, 3.8) is 0 Å². The molecule has 14 heteroatoms. The van der Waals surface area contributed by atoms with Gasteiger partial charge in [-0.3, -0.25) is 4.31 Å². The van der Waals surface area contributed by atoms with Crippen molar-refractivity contribution in [3.05, 3.63) is 71.0 Å². The van der Waals surface area contributed by atoms with Crippen LogP contribution in [0.1, 0.15) is 60.1 Å². The molecule has 230 valence electrons. The molecule has 43 heavy (non-hydrogen) atoms. The Morgan fingerprint density at radius 1 is 1.14 bits per heavy atom. The Kier molecular flexibility index (Phi) is 5.10. The van der Waals surface area contributed by atoms with Crippen molar-refractivity contribution in [1.29, 1.82) is 2.86 Å². The summed E-state index contributed by atoms with van der Waals surface area (Å²) in [7, 11) is -6.52. The van der Waals surface area contributed by atoms with Gasteiger partial charge < -0.3 is 16.0 Å². The predicted octanol–water partition coefficient (Wildman–Crippen LogP) is 5.28. The minimum absolute atomic E-state index is 0.0969. The lowest BCUT2D eigenvalue weighted by Gasteiger charge is -2.39. The van der Waals surface area contributed by atoms with Crippen LogP contribution in [-0.2, 0) is 15.4 Å². The maximum atomic E-state index is 17.4. The maximum Gasteiger partial charge on any atom is 0.270 e. The fourth-order valence-electron chi connectivity index (χ4n) is 3.53. The van der Waals surface area contributed by atoms with E-state index in [-0.39, 0.29) is 22.2 Å². The highest BCUT2D eigenvalue weighted by molar-refractivity contribution is 7.92. The van der Waals surface area contributed by atoms with Crippen LogP contribution in [0, 0.1) is 17.5 Å². The molecule has 4 N–H and O–H groups in total. The van der Waals surface area contributed by atoms with Crippen LogP contribution < -0.4 is 10.0 Å². The van der Waals surface area contributed by atoms with E-state index in [9.17, 15) is 11.2 Å². The second-order valence-electron chi connectivity index (χ2n) is 10.4. The summed E-state index contributed by atoms with van der Waals surface area (Å²) in [5.74, 6) is -6.68. The first-order valence-electron chi connectivity index (χ1n) is 18.1. The molecule has 0 amide bonds. The molecule has 4 aromatic rings. The number of nitrogens with two attached hydrogens (primary N) is 1. The van der Waals surface area contributed by atoms with Gasteiger partial charge in [0.2, 0.25) is 8.81 Å². The fraction of sp³-hybridized carbons (Fsp3) is 0.345. The number of hydrogen-bond donors (Lipinski definition) is 3. The normalized spacial score (nSPS) is 19.8. The van der Waals surface area contributed by atoms with Gasteiger partial charge in [-0.1, -0.05) is 32.9 Å². The van der Waals surface area contributed by atoms with Crippen molar-refractivity contribution < 1.29 is 45.5 Å². The van der Waals surface area contributed by atoms with Gasteiger partial charge in [0.25, 0.3) is 10.0 Å². The molecule has 0 fully saturated rings. The zero-order chi connectivity index (χ0) is 42.0. The van der Waals surface area contributed by atoms with Crippen LogP contribution >= 0.6 is 11.3 Å². The summed E-state index contributed by atoms with van der Waals surface area (Å²) in [4.78, 5) is 10.3. The Labute approximate surface area is 269 Å². The van der Waals surface area contributed by atoms with Crippen LogP contribution in [0.4, 0.5) is 24.8 Å². The summed E-state index contributed by atoms with van der Waals surface area (Å²) in [6.45, 7) is -5.96. The van der Waals surface area contributed by atoms with E-state index < -0.39 is 103 Å². The highest BCUT2D eigenvalue weighted by atomic mass is 32.2. The lowest BCUT2D eigenvalue weighted by Crippen LogP contribution is -2.56. The number of nitrogen functional groups attached to an aromatic ring is 1. The Bertz CT molecular complexity index is 2220. The number of rotatable bonds is 10. The lowest BCUT2D eigenvalue weighted by atomic mass is 9.87. The SMILES string of the molecule is [2H]OC(C)(C([2H])([2H])[2H])C(O[2H])(C([2H])[2H])C([2H])([2H])N(c1cccc(-c2nc(C(C)(C)C)sc2-c2ccnc(N)n2)c1F)S(=O)(=O)c1c(F)c([2H])c([2H])c([2H])c1F. The minimum Gasteiger partial charge on any atom is -0.387 e. The van der Waals surface area contributed by atoms with Gasteiger partial charge in [-0.15, -0.1) is 11.3 Å². The van der Waals surface area contributed by atoms with Crippen LogP contribution in [0.25, 0.3) is 21.8 Å². The standard InChI is InChI=1S/C29H32F3N5O4S2/c1-27(2,3)25-36-22(23(42-25)19-13-14-34-26(33)35-19)16-9-7-12-20(21(16)32)37(15-29(6,39)28(4,5)38)43(40,41)24-17(30)10-8-11-18(24)31/h7-14,38-39H,15H2,1-6H3,(H2,33,34,35)/i4D3,6D2,8D,10D,11D,15D2,38D,39D. The molecule has 9 nitrogen and oxygen atoms in total. The van der Waals surface area contributed by atoms with Gasteiger partial charge >= 0.3 is 0 Å². The van der Waals surface area contributed by atoms with Crippen LogP contribution in [0.5, 0.6) is 0 Å². The molecule has 0 aliphatic carbocycles. The first-order valence-corrected chi connectivity index (χ1v) is 14.4.